The van der Waals surface area contributed by atoms with Gasteiger partial charge in [0.25, 0.3) is 0 Å². The summed E-state index contributed by atoms with van der Waals surface area (Å²) in [5.41, 5.74) is 2.52. The van der Waals surface area contributed by atoms with Gasteiger partial charge in [-0.25, -0.2) is 13.6 Å². The molecule has 0 saturated carbocycles. The smallest absolute Gasteiger partial charge is 0.439 e. The number of fused-ring (bicyclic) bond motifs is 1. The number of H-pyrrole nitrogens is 1. The number of aryl methyl sites for hydroxylation is 1. The summed E-state index contributed by atoms with van der Waals surface area (Å²) in [7, 11) is 0. The molecule has 3 heterocycles. The summed E-state index contributed by atoms with van der Waals surface area (Å²) in [6.45, 7) is 5.28. The predicted octanol–water partition coefficient (Wildman–Crippen LogP) is 5.27. The summed E-state index contributed by atoms with van der Waals surface area (Å²) in [5, 5.41) is 7.19. The Balaban J connectivity index is 1.66. The first-order valence-corrected chi connectivity index (χ1v) is 11.0. The molecule has 2 N–H and O–H groups in total. The largest absolute Gasteiger partial charge is 0.455 e. The Bertz CT molecular complexity index is 1740. The molecular weight excluding hydrogens is 470 g/mol. The Morgan fingerprint density at radius 1 is 1.08 bits per heavy atom. The van der Waals surface area contributed by atoms with Gasteiger partial charge in [0.1, 0.15) is 23.0 Å². The van der Waals surface area contributed by atoms with Crippen LogP contribution in [0.4, 0.5) is 14.5 Å². The van der Waals surface area contributed by atoms with Crippen molar-refractivity contribution in [2.24, 2.45) is 0 Å². The zero-order chi connectivity index (χ0) is 25.6. The molecule has 5 rings (SSSR count). The van der Waals surface area contributed by atoms with E-state index in [2.05, 4.69) is 25.0 Å². The fourth-order valence-electron chi connectivity index (χ4n) is 4.23. The summed E-state index contributed by atoms with van der Waals surface area (Å²) in [5.74, 6) is -1.84. The highest BCUT2D eigenvalue weighted by Gasteiger charge is 2.22. The van der Waals surface area contributed by atoms with Crippen molar-refractivity contribution in [3.63, 3.8) is 0 Å². The molecule has 0 amide bonds. The number of benzene rings is 2. The Hall–Kier alpha value is -4.60. The Morgan fingerprint density at radius 2 is 1.89 bits per heavy atom. The Morgan fingerprint density at radius 3 is 2.61 bits per heavy atom. The molecule has 0 spiro atoms. The lowest BCUT2D eigenvalue weighted by molar-refractivity contribution is 0.387. The van der Waals surface area contributed by atoms with Crippen LogP contribution in [0.15, 0.2) is 67.3 Å². The molecule has 182 valence electrons. The van der Waals surface area contributed by atoms with E-state index in [0.29, 0.717) is 33.3 Å². The molecule has 5 aromatic rings. The first-order chi connectivity index (χ1) is 17.2. The standard InChI is InChI=1S/C26H20F2N4O4/c1-12-7-17(14(3)30-20-6-4-5-19(28)21(20)25-31-26(34)36-32-25)24-18(8-12)22(33)13(2)23(35-24)15-9-16(27)11-29-10-15/h4-11,14,30H,1-3H3,(H,31,32,34). The number of nitrogens with zero attached hydrogens (tertiary/aromatic N) is 2. The molecule has 0 bridgehead atoms. The SMILES string of the molecule is Cc1cc(C(C)Nc2cccc(F)c2-c2noc(=O)[nH]2)c2oc(-c3cncc(F)c3)c(C)c(=O)c2c1. The molecule has 1 atom stereocenters. The lowest BCUT2D eigenvalue weighted by Gasteiger charge is -2.20. The molecule has 2 aromatic carbocycles. The first-order valence-electron chi connectivity index (χ1n) is 11.0. The summed E-state index contributed by atoms with van der Waals surface area (Å²) in [6, 6.07) is 8.71. The quantitative estimate of drug-likeness (QED) is 0.345. The summed E-state index contributed by atoms with van der Waals surface area (Å²) in [4.78, 5) is 31.0. The normalized spacial score (nSPS) is 12.1. The molecule has 8 nitrogen and oxygen atoms in total. The van der Waals surface area contributed by atoms with Gasteiger partial charge in [-0.3, -0.25) is 19.3 Å². The fraction of sp³-hybridized carbons (Fsp3) is 0.154. The number of aromatic nitrogens is 3. The third kappa shape index (κ3) is 4.06. The highest BCUT2D eigenvalue weighted by atomic mass is 19.1. The van der Waals surface area contributed by atoms with Crippen LogP contribution in [-0.2, 0) is 0 Å². The van der Waals surface area contributed by atoms with Crippen LogP contribution in [0.3, 0.4) is 0 Å². The fourth-order valence-corrected chi connectivity index (χ4v) is 4.23. The maximum atomic E-state index is 14.7. The highest BCUT2D eigenvalue weighted by Crippen LogP contribution is 2.34. The number of pyridine rings is 1. The van der Waals surface area contributed by atoms with Crippen LogP contribution in [-0.4, -0.2) is 15.1 Å². The number of aromatic amines is 1. The Labute approximate surface area is 202 Å². The minimum Gasteiger partial charge on any atom is -0.455 e. The molecule has 0 aliphatic rings. The maximum absolute atomic E-state index is 14.7. The van der Waals surface area contributed by atoms with Crippen LogP contribution in [0, 0.1) is 25.5 Å². The number of nitrogens with one attached hydrogen (secondary N) is 2. The summed E-state index contributed by atoms with van der Waals surface area (Å²) < 4.78 is 39.4. The molecule has 10 heteroatoms. The third-order valence-electron chi connectivity index (χ3n) is 5.89. The van der Waals surface area contributed by atoms with E-state index >= 15 is 0 Å². The van der Waals surface area contributed by atoms with Gasteiger partial charge in [-0.05, 0) is 50.6 Å². The van der Waals surface area contributed by atoms with Gasteiger partial charge < -0.3 is 9.73 Å². The molecule has 1 unspecified atom stereocenters. The minimum atomic E-state index is -0.812. The van der Waals surface area contributed by atoms with E-state index < -0.39 is 23.4 Å². The van der Waals surface area contributed by atoms with E-state index in [1.54, 1.807) is 19.1 Å². The summed E-state index contributed by atoms with van der Waals surface area (Å²) >= 11 is 0. The van der Waals surface area contributed by atoms with Crippen LogP contribution >= 0.6 is 0 Å². The van der Waals surface area contributed by atoms with Crippen molar-refractivity contribution < 1.29 is 17.7 Å². The van der Waals surface area contributed by atoms with E-state index in [-0.39, 0.29) is 22.6 Å². The molecule has 3 aromatic heterocycles. The number of anilines is 1. The third-order valence-corrected chi connectivity index (χ3v) is 5.89. The summed E-state index contributed by atoms with van der Waals surface area (Å²) in [6.07, 6.45) is 2.49. The van der Waals surface area contributed by atoms with Gasteiger partial charge in [0.2, 0.25) is 0 Å². The Kier molecular flexibility index (Phi) is 5.71. The zero-order valence-corrected chi connectivity index (χ0v) is 19.5. The average Bonchev–Trinajstić information content (AvgIpc) is 3.26. The van der Waals surface area contributed by atoms with Crippen molar-refractivity contribution in [1.82, 2.24) is 15.1 Å². The second-order valence-electron chi connectivity index (χ2n) is 8.48. The van der Waals surface area contributed by atoms with Gasteiger partial charge in [-0.15, -0.1) is 0 Å². The van der Waals surface area contributed by atoms with Gasteiger partial charge in [0.05, 0.1) is 23.2 Å². The van der Waals surface area contributed by atoms with E-state index in [4.69, 9.17) is 4.42 Å². The van der Waals surface area contributed by atoms with E-state index in [1.807, 2.05) is 19.9 Å². The van der Waals surface area contributed by atoms with Gasteiger partial charge in [0.15, 0.2) is 11.3 Å². The second kappa shape index (κ2) is 8.88. The number of halogens is 2. The van der Waals surface area contributed by atoms with E-state index in [9.17, 15) is 18.4 Å². The molecule has 36 heavy (non-hydrogen) atoms. The highest BCUT2D eigenvalue weighted by molar-refractivity contribution is 5.85. The lowest BCUT2D eigenvalue weighted by Crippen LogP contribution is -2.13. The predicted molar refractivity (Wildman–Crippen MR) is 130 cm³/mol. The van der Waals surface area contributed by atoms with Crippen LogP contribution in [0.25, 0.3) is 33.7 Å². The topological polar surface area (TPSA) is 114 Å². The van der Waals surface area contributed by atoms with Crippen LogP contribution in [0.2, 0.25) is 0 Å². The monoisotopic (exact) mass is 490 g/mol. The molecular formula is C26H20F2N4O4. The van der Waals surface area contributed by atoms with Crippen molar-refractivity contribution in [2.75, 3.05) is 5.32 Å². The number of hydrogen-bond donors (Lipinski definition) is 2. The van der Waals surface area contributed by atoms with Crippen LogP contribution in [0.5, 0.6) is 0 Å². The van der Waals surface area contributed by atoms with E-state index in [1.165, 1.54) is 24.4 Å². The number of hydrogen-bond acceptors (Lipinski definition) is 7. The van der Waals surface area contributed by atoms with Crippen molar-refractivity contribution in [2.45, 2.75) is 26.8 Å². The first kappa shape index (κ1) is 23.2. The van der Waals surface area contributed by atoms with Crippen molar-refractivity contribution in [1.29, 1.82) is 0 Å². The van der Waals surface area contributed by atoms with Gasteiger partial charge in [-0.2, -0.15) is 0 Å². The molecule has 0 radical (unpaired) electrons. The molecule has 0 saturated heterocycles. The molecule has 0 aliphatic carbocycles. The van der Waals surface area contributed by atoms with Crippen molar-refractivity contribution >= 4 is 16.7 Å². The minimum absolute atomic E-state index is 0.0241. The number of rotatable bonds is 5. The van der Waals surface area contributed by atoms with E-state index in [0.717, 1.165) is 11.8 Å². The zero-order valence-electron chi connectivity index (χ0n) is 19.5. The van der Waals surface area contributed by atoms with Gasteiger partial charge in [-0.1, -0.05) is 17.3 Å². The van der Waals surface area contributed by atoms with Gasteiger partial charge >= 0.3 is 5.76 Å². The van der Waals surface area contributed by atoms with Crippen LogP contribution in [0.1, 0.15) is 29.7 Å². The lowest BCUT2D eigenvalue weighted by atomic mass is 9.98. The maximum Gasteiger partial charge on any atom is 0.439 e. The van der Waals surface area contributed by atoms with Crippen molar-refractivity contribution in [3.8, 4) is 22.7 Å². The molecule has 0 fully saturated rings. The van der Waals surface area contributed by atoms with Gasteiger partial charge in [0, 0.05) is 28.6 Å². The second-order valence-corrected chi connectivity index (χ2v) is 8.48. The average molecular weight is 490 g/mol. The van der Waals surface area contributed by atoms with Crippen molar-refractivity contribution in [3.05, 3.63) is 97.9 Å². The van der Waals surface area contributed by atoms with Crippen LogP contribution < -0.4 is 16.5 Å². The molecule has 0 aliphatic heterocycles.